The van der Waals surface area contributed by atoms with Gasteiger partial charge in [-0.25, -0.2) is 0 Å². The predicted molar refractivity (Wildman–Crippen MR) is 81.9 cm³/mol. The molecule has 1 aromatic carbocycles. The number of amides is 1. The maximum Gasteiger partial charge on any atom is 0.312 e. The molecule has 0 atom stereocenters. The van der Waals surface area contributed by atoms with E-state index in [-0.39, 0.29) is 11.6 Å². The third kappa shape index (κ3) is 3.30. The summed E-state index contributed by atoms with van der Waals surface area (Å²) in [7, 11) is 0. The molecular formula is C15H18N4O3. The van der Waals surface area contributed by atoms with Crippen LogP contribution in [-0.4, -0.2) is 27.2 Å². The van der Waals surface area contributed by atoms with Gasteiger partial charge in [0, 0.05) is 12.1 Å². The molecule has 116 valence electrons. The van der Waals surface area contributed by atoms with Crippen LogP contribution in [0.25, 0.3) is 0 Å². The van der Waals surface area contributed by atoms with Crippen molar-refractivity contribution in [3.05, 3.63) is 56.9 Å². The van der Waals surface area contributed by atoms with Crippen LogP contribution in [0.15, 0.2) is 24.3 Å². The number of nitrogens with zero attached hydrogens (tertiary/aromatic N) is 3. The van der Waals surface area contributed by atoms with E-state index in [1.165, 1.54) is 0 Å². The fraction of sp³-hybridized carbons (Fsp3) is 0.333. The molecule has 2 aromatic rings. The van der Waals surface area contributed by atoms with Gasteiger partial charge in [-0.1, -0.05) is 17.7 Å². The van der Waals surface area contributed by atoms with Gasteiger partial charge in [0.25, 0.3) is 5.91 Å². The summed E-state index contributed by atoms with van der Waals surface area (Å²) in [5.74, 6) is -0.167. The number of benzene rings is 1. The summed E-state index contributed by atoms with van der Waals surface area (Å²) in [5, 5.41) is 17.9. The summed E-state index contributed by atoms with van der Waals surface area (Å²) < 4.78 is 1.55. The van der Waals surface area contributed by atoms with E-state index in [9.17, 15) is 14.9 Å². The third-order valence-corrected chi connectivity index (χ3v) is 3.42. The van der Waals surface area contributed by atoms with Crippen molar-refractivity contribution in [1.29, 1.82) is 0 Å². The molecule has 0 saturated heterocycles. The summed E-state index contributed by atoms with van der Waals surface area (Å²) in [6, 6.07) is 7.31. The molecule has 1 aromatic heterocycles. The molecule has 1 N–H and O–H groups in total. The van der Waals surface area contributed by atoms with Gasteiger partial charge in [-0.3, -0.25) is 19.6 Å². The highest BCUT2D eigenvalue weighted by atomic mass is 16.6. The molecule has 7 heteroatoms. The molecule has 7 nitrogen and oxygen atoms in total. The number of aromatic nitrogens is 2. The summed E-state index contributed by atoms with van der Waals surface area (Å²) in [4.78, 5) is 22.5. The second-order valence-corrected chi connectivity index (χ2v) is 5.13. The number of hydrogen-bond acceptors (Lipinski definition) is 4. The topological polar surface area (TPSA) is 90.1 Å². The molecule has 0 bridgehead atoms. The molecule has 1 amide bonds. The minimum atomic E-state index is -0.431. The molecule has 0 aliphatic rings. The normalized spacial score (nSPS) is 10.5. The van der Waals surface area contributed by atoms with Crippen molar-refractivity contribution in [3.8, 4) is 0 Å². The van der Waals surface area contributed by atoms with E-state index in [0.29, 0.717) is 30.0 Å². The fourth-order valence-corrected chi connectivity index (χ4v) is 2.33. The number of carbonyl (C=O) groups is 1. The first-order valence-corrected chi connectivity index (χ1v) is 6.93. The van der Waals surface area contributed by atoms with Crippen LogP contribution in [0, 0.1) is 30.9 Å². The Balaban J connectivity index is 1.98. The number of carbonyl (C=O) groups excluding carboxylic acids is 1. The Morgan fingerprint density at radius 2 is 2.09 bits per heavy atom. The van der Waals surface area contributed by atoms with Crippen LogP contribution >= 0.6 is 0 Å². The van der Waals surface area contributed by atoms with Crippen LogP contribution in [0.1, 0.15) is 27.3 Å². The lowest BCUT2D eigenvalue weighted by Crippen LogP contribution is -2.27. The zero-order valence-electron chi connectivity index (χ0n) is 12.8. The summed E-state index contributed by atoms with van der Waals surface area (Å²) in [5.41, 5.74) is 2.52. The standard InChI is InChI=1S/C15H18N4O3/c1-10-5-4-6-13(9-10)15(20)16-7-8-18-12(3)14(19(21)22)11(2)17-18/h4-6,9H,7-8H2,1-3H3,(H,16,20). The van der Waals surface area contributed by atoms with Gasteiger partial charge in [-0.2, -0.15) is 5.10 Å². The highest BCUT2D eigenvalue weighted by Gasteiger charge is 2.21. The van der Waals surface area contributed by atoms with E-state index in [4.69, 9.17) is 0 Å². The van der Waals surface area contributed by atoms with Gasteiger partial charge in [0.05, 0.1) is 11.5 Å². The Labute approximate surface area is 128 Å². The largest absolute Gasteiger partial charge is 0.350 e. The molecule has 2 rings (SSSR count). The zero-order chi connectivity index (χ0) is 16.3. The summed E-state index contributed by atoms with van der Waals surface area (Å²) in [6.45, 7) is 5.92. The summed E-state index contributed by atoms with van der Waals surface area (Å²) in [6.07, 6.45) is 0. The lowest BCUT2D eigenvalue weighted by molar-refractivity contribution is -0.386. The van der Waals surface area contributed by atoms with E-state index < -0.39 is 4.92 Å². The minimum absolute atomic E-state index is 0.0324. The highest BCUT2D eigenvalue weighted by Crippen LogP contribution is 2.21. The van der Waals surface area contributed by atoms with E-state index in [0.717, 1.165) is 5.56 Å². The van der Waals surface area contributed by atoms with Crippen molar-refractivity contribution in [1.82, 2.24) is 15.1 Å². The van der Waals surface area contributed by atoms with Crippen molar-refractivity contribution >= 4 is 11.6 Å². The monoisotopic (exact) mass is 302 g/mol. The van der Waals surface area contributed by atoms with Gasteiger partial charge in [-0.05, 0) is 32.9 Å². The van der Waals surface area contributed by atoms with Crippen molar-refractivity contribution in [2.45, 2.75) is 27.3 Å². The Morgan fingerprint density at radius 3 is 2.68 bits per heavy atom. The molecular weight excluding hydrogens is 284 g/mol. The molecule has 0 saturated carbocycles. The van der Waals surface area contributed by atoms with Crippen LogP contribution in [0.4, 0.5) is 5.69 Å². The quantitative estimate of drug-likeness (QED) is 0.677. The first-order valence-electron chi connectivity index (χ1n) is 6.93. The van der Waals surface area contributed by atoms with E-state index in [2.05, 4.69) is 10.4 Å². The first kappa shape index (κ1) is 15.7. The zero-order valence-corrected chi connectivity index (χ0v) is 12.8. The van der Waals surface area contributed by atoms with Crippen LogP contribution in [-0.2, 0) is 6.54 Å². The minimum Gasteiger partial charge on any atom is -0.350 e. The Hall–Kier alpha value is -2.70. The van der Waals surface area contributed by atoms with Gasteiger partial charge in [0.15, 0.2) is 0 Å². The van der Waals surface area contributed by atoms with Crippen molar-refractivity contribution in [3.63, 3.8) is 0 Å². The van der Waals surface area contributed by atoms with Gasteiger partial charge in [-0.15, -0.1) is 0 Å². The van der Waals surface area contributed by atoms with Gasteiger partial charge in [0.1, 0.15) is 11.4 Å². The molecule has 0 unspecified atom stereocenters. The smallest absolute Gasteiger partial charge is 0.312 e. The lowest BCUT2D eigenvalue weighted by Gasteiger charge is -2.07. The van der Waals surface area contributed by atoms with Crippen LogP contribution in [0.5, 0.6) is 0 Å². The Bertz CT molecular complexity index is 722. The van der Waals surface area contributed by atoms with Crippen LogP contribution in [0.2, 0.25) is 0 Å². The molecule has 0 aliphatic heterocycles. The molecule has 0 aliphatic carbocycles. The van der Waals surface area contributed by atoms with Crippen molar-refractivity contribution < 1.29 is 9.72 Å². The van der Waals surface area contributed by atoms with E-state index in [1.54, 1.807) is 24.6 Å². The molecule has 22 heavy (non-hydrogen) atoms. The van der Waals surface area contributed by atoms with Crippen molar-refractivity contribution in [2.75, 3.05) is 6.54 Å². The number of hydrogen-bond donors (Lipinski definition) is 1. The fourth-order valence-electron chi connectivity index (χ4n) is 2.33. The van der Waals surface area contributed by atoms with Crippen LogP contribution in [0.3, 0.4) is 0 Å². The Morgan fingerprint density at radius 1 is 1.36 bits per heavy atom. The van der Waals surface area contributed by atoms with E-state index >= 15 is 0 Å². The number of nitrogens with one attached hydrogen (secondary N) is 1. The SMILES string of the molecule is Cc1cccc(C(=O)NCCn2nc(C)c([N+](=O)[O-])c2C)c1. The first-order chi connectivity index (χ1) is 10.4. The summed E-state index contributed by atoms with van der Waals surface area (Å²) >= 11 is 0. The second kappa shape index (κ2) is 6.38. The average Bonchev–Trinajstić information content (AvgIpc) is 2.73. The second-order valence-electron chi connectivity index (χ2n) is 5.13. The third-order valence-electron chi connectivity index (χ3n) is 3.42. The lowest BCUT2D eigenvalue weighted by atomic mass is 10.1. The number of nitro groups is 1. The van der Waals surface area contributed by atoms with Crippen LogP contribution < -0.4 is 5.32 Å². The van der Waals surface area contributed by atoms with Crippen molar-refractivity contribution in [2.24, 2.45) is 0 Å². The Kier molecular flexibility index (Phi) is 4.55. The molecule has 0 radical (unpaired) electrons. The van der Waals surface area contributed by atoms with Gasteiger partial charge in [0.2, 0.25) is 0 Å². The maximum atomic E-state index is 12.0. The number of aryl methyl sites for hydroxylation is 2. The van der Waals surface area contributed by atoms with Gasteiger partial charge < -0.3 is 5.32 Å². The van der Waals surface area contributed by atoms with Gasteiger partial charge >= 0.3 is 5.69 Å². The maximum absolute atomic E-state index is 12.0. The molecule has 0 fully saturated rings. The highest BCUT2D eigenvalue weighted by molar-refractivity contribution is 5.94. The number of rotatable bonds is 5. The van der Waals surface area contributed by atoms with E-state index in [1.807, 2.05) is 25.1 Å². The molecule has 0 spiro atoms. The predicted octanol–water partition coefficient (Wildman–Crippen LogP) is 2.15. The molecule has 1 heterocycles. The average molecular weight is 302 g/mol.